The molecule has 2 heterocycles. The molecule has 1 unspecified atom stereocenters. The van der Waals surface area contributed by atoms with Crippen molar-refractivity contribution in [3.8, 4) is 0 Å². The van der Waals surface area contributed by atoms with Gasteiger partial charge in [-0.1, -0.05) is 0 Å². The number of piperidine rings is 1. The second-order valence-corrected chi connectivity index (χ2v) is 3.61. The average Bonchev–Trinajstić information content (AvgIpc) is 2.59. The van der Waals surface area contributed by atoms with Gasteiger partial charge in [-0.15, -0.1) is 0 Å². The molecule has 1 amide bonds. The van der Waals surface area contributed by atoms with Gasteiger partial charge in [0.25, 0.3) is 0 Å². The molecule has 2 aliphatic rings. The van der Waals surface area contributed by atoms with Gasteiger partial charge in [0, 0.05) is 6.54 Å². The number of rotatable bonds is 1. The van der Waals surface area contributed by atoms with E-state index in [2.05, 4.69) is 0 Å². The van der Waals surface area contributed by atoms with E-state index >= 15 is 0 Å². The third-order valence-electron chi connectivity index (χ3n) is 2.89. The first-order valence-electron chi connectivity index (χ1n) is 4.75. The zero-order valence-corrected chi connectivity index (χ0v) is 8.06. The van der Waals surface area contributed by atoms with E-state index in [9.17, 15) is 9.59 Å². The molecule has 0 aromatic heterocycles. The van der Waals surface area contributed by atoms with Crippen molar-refractivity contribution in [1.29, 1.82) is 0 Å². The topological polar surface area (TPSA) is 55.8 Å². The van der Waals surface area contributed by atoms with Crippen molar-refractivity contribution < 1.29 is 19.1 Å². The molecule has 0 N–H and O–H groups in total. The predicted molar refractivity (Wildman–Crippen MR) is 46.6 cm³/mol. The highest BCUT2D eigenvalue weighted by Crippen LogP contribution is 2.29. The number of carbonyl (C=O) groups excluding carboxylic acids is 2. The quantitative estimate of drug-likeness (QED) is 0.573. The van der Waals surface area contributed by atoms with Crippen LogP contribution in [0.1, 0.15) is 12.8 Å². The summed E-state index contributed by atoms with van der Waals surface area (Å²) in [4.78, 5) is 24.2. The van der Waals surface area contributed by atoms with Crippen LogP contribution in [0.25, 0.3) is 0 Å². The van der Waals surface area contributed by atoms with Crippen molar-refractivity contribution in [2.45, 2.75) is 18.9 Å². The number of cyclic esters (lactones) is 1. The summed E-state index contributed by atoms with van der Waals surface area (Å²) in [6, 6.07) is -0.108. The Bertz CT molecular complexity index is 266. The minimum Gasteiger partial charge on any atom is -0.469 e. The number of nitrogens with zero attached hydrogens (tertiary/aromatic N) is 1. The summed E-state index contributed by atoms with van der Waals surface area (Å²) >= 11 is 0. The summed E-state index contributed by atoms with van der Waals surface area (Å²) in [5, 5.41) is 0. The highest BCUT2D eigenvalue weighted by Gasteiger charge is 2.44. The number of hydrogen-bond donors (Lipinski definition) is 0. The molecule has 0 aromatic carbocycles. The summed E-state index contributed by atoms with van der Waals surface area (Å²) in [5.74, 6) is -0.446. The molecule has 0 bridgehead atoms. The zero-order valence-electron chi connectivity index (χ0n) is 8.06. The molecule has 0 aromatic rings. The van der Waals surface area contributed by atoms with E-state index in [1.807, 2.05) is 0 Å². The van der Waals surface area contributed by atoms with E-state index in [0.29, 0.717) is 13.2 Å². The third kappa shape index (κ3) is 1.32. The van der Waals surface area contributed by atoms with Crippen LogP contribution in [-0.4, -0.2) is 43.3 Å². The van der Waals surface area contributed by atoms with Crippen LogP contribution in [0, 0.1) is 5.92 Å². The van der Waals surface area contributed by atoms with E-state index in [1.54, 1.807) is 4.90 Å². The van der Waals surface area contributed by atoms with Gasteiger partial charge >= 0.3 is 12.1 Å². The van der Waals surface area contributed by atoms with Gasteiger partial charge in [-0.25, -0.2) is 4.79 Å². The standard InChI is InChI=1S/C9H13NO4/c1-13-8(11)6-3-2-4-10-7(6)5-14-9(10)12/h6-7H,2-5H2,1H3/t6-,7?/m1/s1. The van der Waals surface area contributed by atoms with Gasteiger partial charge in [-0.3, -0.25) is 4.79 Å². The lowest BCUT2D eigenvalue weighted by molar-refractivity contribution is -0.148. The van der Waals surface area contributed by atoms with E-state index in [-0.39, 0.29) is 24.0 Å². The van der Waals surface area contributed by atoms with E-state index < -0.39 is 0 Å². The molecule has 2 atom stereocenters. The van der Waals surface area contributed by atoms with Crippen molar-refractivity contribution in [2.75, 3.05) is 20.3 Å². The molecule has 0 saturated carbocycles. The summed E-state index contributed by atoms with van der Waals surface area (Å²) < 4.78 is 9.60. The van der Waals surface area contributed by atoms with Crippen molar-refractivity contribution >= 4 is 12.1 Å². The first kappa shape index (κ1) is 9.30. The Labute approximate surface area is 82.0 Å². The fourth-order valence-corrected chi connectivity index (χ4v) is 2.16. The van der Waals surface area contributed by atoms with E-state index in [4.69, 9.17) is 9.47 Å². The Morgan fingerprint density at radius 1 is 1.64 bits per heavy atom. The number of hydrogen-bond acceptors (Lipinski definition) is 4. The Morgan fingerprint density at radius 3 is 3.14 bits per heavy atom. The summed E-state index contributed by atoms with van der Waals surface area (Å²) in [6.07, 6.45) is 1.32. The molecular weight excluding hydrogens is 186 g/mol. The molecule has 5 nitrogen and oxygen atoms in total. The van der Waals surface area contributed by atoms with Crippen LogP contribution in [0.2, 0.25) is 0 Å². The monoisotopic (exact) mass is 199 g/mol. The van der Waals surface area contributed by atoms with Gasteiger partial charge in [0.1, 0.15) is 6.61 Å². The minimum absolute atomic E-state index is 0.108. The number of carbonyl (C=O) groups is 2. The van der Waals surface area contributed by atoms with E-state index in [0.717, 1.165) is 12.8 Å². The van der Waals surface area contributed by atoms with Crippen LogP contribution in [-0.2, 0) is 14.3 Å². The lowest BCUT2D eigenvalue weighted by Crippen LogP contribution is -2.46. The van der Waals surface area contributed by atoms with Gasteiger partial charge in [0.2, 0.25) is 0 Å². The number of ether oxygens (including phenoxy) is 2. The second-order valence-electron chi connectivity index (χ2n) is 3.61. The zero-order chi connectivity index (χ0) is 10.1. The molecule has 2 fully saturated rings. The fraction of sp³-hybridized carbons (Fsp3) is 0.778. The lowest BCUT2D eigenvalue weighted by atomic mass is 9.90. The number of amides is 1. The smallest absolute Gasteiger partial charge is 0.410 e. The fourth-order valence-electron chi connectivity index (χ4n) is 2.16. The van der Waals surface area contributed by atoms with Crippen LogP contribution in [0.4, 0.5) is 4.79 Å². The Hall–Kier alpha value is -1.26. The first-order chi connectivity index (χ1) is 6.74. The molecule has 78 valence electrons. The summed E-state index contributed by atoms with van der Waals surface area (Å²) in [6.45, 7) is 1.01. The molecule has 0 spiro atoms. The maximum Gasteiger partial charge on any atom is 0.410 e. The molecule has 0 radical (unpaired) electrons. The minimum atomic E-state index is -0.302. The number of fused-ring (bicyclic) bond motifs is 1. The van der Waals surface area contributed by atoms with Gasteiger partial charge in [-0.05, 0) is 12.8 Å². The second kappa shape index (κ2) is 3.48. The third-order valence-corrected chi connectivity index (χ3v) is 2.89. The molecule has 14 heavy (non-hydrogen) atoms. The van der Waals surface area contributed by atoms with Crippen LogP contribution >= 0.6 is 0 Å². The van der Waals surface area contributed by atoms with Crippen molar-refractivity contribution in [1.82, 2.24) is 4.90 Å². The predicted octanol–water partition coefficient (Wildman–Crippen LogP) is 0.390. The van der Waals surface area contributed by atoms with Crippen LogP contribution in [0.5, 0.6) is 0 Å². The van der Waals surface area contributed by atoms with Crippen LogP contribution < -0.4 is 0 Å². The molecule has 2 rings (SSSR count). The summed E-state index contributed by atoms with van der Waals surface area (Å²) in [5.41, 5.74) is 0. The Balaban J connectivity index is 2.12. The van der Waals surface area contributed by atoms with Gasteiger partial charge in [-0.2, -0.15) is 0 Å². The van der Waals surface area contributed by atoms with Gasteiger partial charge < -0.3 is 14.4 Å². The first-order valence-corrected chi connectivity index (χ1v) is 4.75. The van der Waals surface area contributed by atoms with Crippen molar-refractivity contribution in [3.63, 3.8) is 0 Å². The number of methoxy groups -OCH3 is 1. The lowest BCUT2D eigenvalue weighted by Gasteiger charge is -2.32. The summed E-state index contributed by atoms with van der Waals surface area (Å²) in [7, 11) is 1.37. The van der Waals surface area contributed by atoms with Gasteiger partial charge in [0.05, 0.1) is 19.1 Å². The Morgan fingerprint density at radius 2 is 2.43 bits per heavy atom. The van der Waals surface area contributed by atoms with E-state index in [1.165, 1.54) is 7.11 Å². The number of esters is 1. The maximum atomic E-state index is 11.4. The van der Waals surface area contributed by atoms with Crippen molar-refractivity contribution in [3.05, 3.63) is 0 Å². The SMILES string of the molecule is COC(=O)[C@@H]1CCCN2C(=O)OCC12. The average molecular weight is 199 g/mol. The highest BCUT2D eigenvalue weighted by atomic mass is 16.6. The molecule has 2 aliphatic heterocycles. The van der Waals surface area contributed by atoms with Gasteiger partial charge in [0.15, 0.2) is 0 Å². The van der Waals surface area contributed by atoms with Crippen LogP contribution in [0.3, 0.4) is 0 Å². The molecule has 5 heteroatoms. The largest absolute Gasteiger partial charge is 0.469 e. The highest BCUT2D eigenvalue weighted by molar-refractivity contribution is 5.77. The molecule has 0 aliphatic carbocycles. The van der Waals surface area contributed by atoms with Crippen LogP contribution in [0.15, 0.2) is 0 Å². The molecule has 2 saturated heterocycles. The van der Waals surface area contributed by atoms with Crippen molar-refractivity contribution in [2.24, 2.45) is 5.92 Å². The Kier molecular flexibility index (Phi) is 2.31. The molecular formula is C9H13NO4. The maximum absolute atomic E-state index is 11.4. The normalized spacial score (nSPS) is 30.9.